The summed E-state index contributed by atoms with van der Waals surface area (Å²) in [7, 11) is 3.16. The number of hydrogen-bond acceptors (Lipinski definition) is 6. The topological polar surface area (TPSA) is 90.2 Å². The van der Waals surface area contributed by atoms with E-state index in [1.54, 1.807) is 32.1 Å². The lowest BCUT2D eigenvalue weighted by molar-refractivity contribution is 0.110. The van der Waals surface area contributed by atoms with Crippen molar-refractivity contribution in [2.75, 3.05) is 27.3 Å². The number of carbonyl (C=O) groups is 1. The summed E-state index contributed by atoms with van der Waals surface area (Å²) in [5.74, 6) is 2.30. The van der Waals surface area contributed by atoms with Crippen LogP contribution in [0, 0.1) is 6.92 Å². The number of methoxy groups -OCH3 is 2. The molecule has 8 heteroatoms. The van der Waals surface area contributed by atoms with Gasteiger partial charge in [0.2, 0.25) is 0 Å². The fraction of sp³-hybridized carbons (Fsp3) is 0.429. The Kier molecular flexibility index (Phi) is 6.64. The van der Waals surface area contributed by atoms with E-state index < -0.39 is 5.63 Å². The van der Waals surface area contributed by atoms with Crippen molar-refractivity contribution in [2.45, 2.75) is 32.4 Å². The summed E-state index contributed by atoms with van der Waals surface area (Å²) in [5, 5.41) is 2.93. The van der Waals surface area contributed by atoms with E-state index in [1.807, 2.05) is 18.2 Å². The van der Waals surface area contributed by atoms with Crippen molar-refractivity contribution in [3.8, 4) is 17.2 Å². The molecule has 1 N–H and O–H groups in total. The van der Waals surface area contributed by atoms with Crippen LogP contribution in [0.3, 0.4) is 0 Å². The molecule has 156 valence electrons. The Hall–Kier alpha value is -3.16. The zero-order valence-electron chi connectivity index (χ0n) is 16.9. The first-order chi connectivity index (χ1) is 14.0. The van der Waals surface area contributed by atoms with Crippen molar-refractivity contribution in [1.82, 2.24) is 10.2 Å². The molecule has 1 saturated heterocycles. The maximum absolute atomic E-state index is 12.5. The summed E-state index contributed by atoms with van der Waals surface area (Å²) >= 11 is 0. The highest BCUT2D eigenvalue weighted by Gasteiger charge is 2.24. The highest BCUT2D eigenvalue weighted by Crippen LogP contribution is 2.27. The molecule has 0 unspecified atom stereocenters. The van der Waals surface area contributed by atoms with Crippen LogP contribution in [0.25, 0.3) is 0 Å². The van der Waals surface area contributed by atoms with E-state index >= 15 is 0 Å². The van der Waals surface area contributed by atoms with Gasteiger partial charge in [0.05, 0.1) is 20.3 Å². The minimum Gasteiger partial charge on any atom is -0.493 e. The summed E-state index contributed by atoms with van der Waals surface area (Å²) in [6, 6.07) is 8.47. The molecule has 1 fully saturated rings. The number of nitrogens with zero attached hydrogens (tertiary/aromatic N) is 1. The Morgan fingerprint density at radius 2 is 1.86 bits per heavy atom. The third-order valence-corrected chi connectivity index (χ3v) is 4.79. The van der Waals surface area contributed by atoms with Gasteiger partial charge < -0.3 is 28.8 Å². The molecule has 3 rings (SSSR count). The molecule has 0 atom stereocenters. The van der Waals surface area contributed by atoms with Gasteiger partial charge in [0.15, 0.2) is 11.5 Å². The summed E-state index contributed by atoms with van der Waals surface area (Å²) in [5.41, 5.74) is 0.500. The van der Waals surface area contributed by atoms with Crippen LogP contribution < -0.4 is 25.2 Å². The molecule has 2 aromatic rings. The molecule has 0 aliphatic carbocycles. The van der Waals surface area contributed by atoms with Crippen molar-refractivity contribution in [1.29, 1.82) is 0 Å². The van der Waals surface area contributed by atoms with E-state index in [-0.39, 0.29) is 12.1 Å². The van der Waals surface area contributed by atoms with Crippen LogP contribution in [0.2, 0.25) is 0 Å². The fourth-order valence-corrected chi connectivity index (χ4v) is 3.29. The van der Waals surface area contributed by atoms with Crippen LogP contribution in [0.15, 0.2) is 39.5 Å². The highest BCUT2D eigenvalue weighted by atomic mass is 16.5. The highest BCUT2D eigenvalue weighted by molar-refractivity contribution is 5.74. The van der Waals surface area contributed by atoms with Crippen molar-refractivity contribution < 1.29 is 23.4 Å². The Balaban J connectivity index is 1.48. The van der Waals surface area contributed by atoms with Crippen LogP contribution in [0.4, 0.5) is 4.79 Å². The molecular weight excluding hydrogens is 376 g/mol. The van der Waals surface area contributed by atoms with Gasteiger partial charge in [0.25, 0.3) is 0 Å². The average Bonchev–Trinajstić information content (AvgIpc) is 2.71. The summed E-state index contributed by atoms with van der Waals surface area (Å²) in [4.78, 5) is 25.7. The number of carbonyl (C=O) groups excluding carboxylic acids is 1. The maximum atomic E-state index is 12.5. The van der Waals surface area contributed by atoms with Gasteiger partial charge in [-0.15, -0.1) is 0 Å². The number of urea groups is 1. The van der Waals surface area contributed by atoms with Gasteiger partial charge in [-0.2, -0.15) is 0 Å². The van der Waals surface area contributed by atoms with E-state index in [0.29, 0.717) is 55.5 Å². The predicted octanol–water partition coefficient (Wildman–Crippen LogP) is 2.72. The number of piperidine rings is 1. The number of aryl methyl sites for hydroxylation is 1. The number of amides is 2. The van der Waals surface area contributed by atoms with Crippen molar-refractivity contribution in [2.24, 2.45) is 0 Å². The number of rotatable bonds is 6. The molecule has 1 aromatic heterocycles. The lowest BCUT2D eigenvalue weighted by Gasteiger charge is -2.32. The number of likely N-dealkylation sites (tertiary alicyclic amines) is 1. The van der Waals surface area contributed by atoms with Crippen molar-refractivity contribution >= 4 is 6.03 Å². The van der Waals surface area contributed by atoms with Gasteiger partial charge in [-0.25, -0.2) is 9.59 Å². The Labute approximate surface area is 169 Å². The molecule has 2 heterocycles. The summed E-state index contributed by atoms with van der Waals surface area (Å²) < 4.78 is 21.3. The minimum atomic E-state index is -0.424. The van der Waals surface area contributed by atoms with Gasteiger partial charge >= 0.3 is 11.7 Å². The van der Waals surface area contributed by atoms with Gasteiger partial charge in [-0.3, -0.25) is 0 Å². The largest absolute Gasteiger partial charge is 0.493 e. The monoisotopic (exact) mass is 402 g/mol. The molecule has 29 heavy (non-hydrogen) atoms. The predicted molar refractivity (Wildman–Crippen MR) is 107 cm³/mol. The normalized spacial score (nSPS) is 14.4. The SMILES string of the molecule is COc1ccc(CNC(=O)N2CCC(Oc3cc(C)oc(=O)c3)CC2)cc1OC. The van der Waals surface area contributed by atoms with E-state index in [4.69, 9.17) is 18.6 Å². The maximum Gasteiger partial charge on any atom is 0.339 e. The van der Waals surface area contributed by atoms with Crippen molar-refractivity contribution in [3.05, 3.63) is 52.1 Å². The van der Waals surface area contributed by atoms with Gasteiger partial charge in [0.1, 0.15) is 17.6 Å². The van der Waals surface area contributed by atoms with Crippen LogP contribution in [-0.2, 0) is 6.54 Å². The second-order valence-corrected chi connectivity index (χ2v) is 6.88. The van der Waals surface area contributed by atoms with Gasteiger partial charge in [0, 0.05) is 38.5 Å². The number of ether oxygens (including phenoxy) is 3. The number of hydrogen-bond donors (Lipinski definition) is 1. The molecule has 1 aliphatic heterocycles. The van der Waals surface area contributed by atoms with Crippen LogP contribution in [0.1, 0.15) is 24.2 Å². The zero-order valence-corrected chi connectivity index (χ0v) is 16.9. The lowest BCUT2D eigenvalue weighted by Crippen LogP contribution is -2.46. The first kappa shape index (κ1) is 20.6. The first-order valence-corrected chi connectivity index (χ1v) is 9.50. The second-order valence-electron chi connectivity index (χ2n) is 6.88. The molecular formula is C21H26N2O6. The molecule has 0 bridgehead atoms. The summed E-state index contributed by atoms with van der Waals surface area (Å²) in [6.07, 6.45) is 1.36. The van der Waals surface area contributed by atoms with Gasteiger partial charge in [-0.05, 0) is 24.6 Å². The molecule has 8 nitrogen and oxygen atoms in total. The quantitative estimate of drug-likeness (QED) is 0.799. The smallest absolute Gasteiger partial charge is 0.339 e. The number of benzene rings is 1. The van der Waals surface area contributed by atoms with Crippen LogP contribution in [0.5, 0.6) is 17.2 Å². The zero-order chi connectivity index (χ0) is 20.8. The lowest BCUT2D eigenvalue weighted by atomic mass is 10.1. The van der Waals surface area contributed by atoms with E-state index in [1.165, 1.54) is 6.07 Å². The Bertz CT molecular complexity index is 902. The van der Waals surface area contributed by atoms with E-state index in [0.717, 1.165) is 5.56 Å². The fourth-order valence-electron chi connectivity index (χ4n) is 3.29. The molecule has 0 spiro atoms. The van der Waals surface area contributed by atoms with Gasteiger partial charge in [-0.1, -0.05) is 6.07 Å². The first-order valence-electron chi connectivity index (χ1n) is 9.50. The van der Waals surface area contributed by atoms with E-state index in [2.05, 4.69) is 5.32 Å². The standard InChI is InChI=1S/C21H26N2O6/c1-14-10-17(12-20(24)28-14)29-16-6-8-23(9-7-16)21(25)22-13-15-4-5-18(26-2)19(11-15)27-3/h4-5,10-12,16H,6-9,13H2,1-3H3,(H,22,25). The van der Waals surface area contributed by atoms with Crippen molar-refractivity contribution in [3.63, 3.8) is 0 Å². The number of nitrogens with one attached hydrogen (secondary N) is 1. The molecule has 1 aromatic carbocycles. The van der Waals surface area contributed by atoms with Crippen LogP contribution in [-0.4, -0.2) is 44.3 Å². The van der Waals surface area contributed by atoms with Crippen LogP contribution >= 0.6 is 0 Å². The molecule has 0 radical (unpaired) electrons. The second kappa shape index (κ2) is 9.36. The summed E-state index contributed by atoms with van der Waals surface area (Å²) in [6.45, 7) is 3.28. The Morgan fingerprint density at radius 1 is 1.14 bits per heavy atom. The molecule has 0 saturated carbocycles. The third-order valence-electron chi connectivity index (χ3n) is 4.79. The molecule has 1 aliphatic rings. The average molecular weight is 402 g/mol. The van der Waals surface area contributed by atoms with E-state index in [9.17, 15) is 9.59 Å². The minimum absolute atomic E-state index is 0.0360. The third kappa shape index (κ3) is 5.43. The molecule has 2 amide bonds. The Morgan fingerprint density at radius 3 is 2.52 bits per heavy atom.